The van der Waals surface area contributed by atoms with Crippen molar-refractivity contribution in [3.05, 3.63) is 0 Å². The van der Waals surface area contributed by atoms with Gasteiger partial charge in [0.15, 0.2) is 5.84 Å². The maximum Gasteiger partial charge on any atom is 0.218 e. The van der Waals surface area contributed by atoms with Gasteiger partial charge in [-0.1, -0.05) is 12.1 Å². The first-order valence-electron chi connectivity index (χ1n) is 4.10. The van der Waals surface area contributed by atoms with Crippen molar-refractivity contribution in [2.45, 2.75) is 25.8 Å². The van der Waals surface area contributed by atoms with Gasteiger partial charge in [0.05, 0.1) is 6.04 Å². The molecule has 0 saturated carbocycles. The lowest BCUT2D eigenvalue weighted by Gasteiger charge is -2.14. The molecule has 6 N–H and O–H groups in total. The highest BCUT2D eigenvalue weighted by Crippen LogP contribution is 1.90. The molecule has 0 saturated heterocycles. The Balaban J connectivity index is 3.79. The normalized spacial score (nSPS) is 14.1. The Bertz CT molecular complexity index is 193. The number of carbonyl (C=O) groups is 1. The fraction of sp³-hybridized carbons (Fsp3) is 0.714. The van der Waals surface area contributed by atoms with E-state index >= 15 is 0 Å². The largest absolute Gasteiger partial charge is 0.409 e. The van der Waals surface area contributed by atoms with Gasteiger partial charge in [-0.15, -0.1) is 0 Å². The lowest BCUT2D eigenvalue weighted by Crippen LogP contribution is -2.42. The molecule has 0 aliphatic heterocycles. The summed E-state index contributed by atoms with van der Waals surface area (Å²) in [5, 5.41) is 14.2. The molecular weight excluding hydrogens is 172 g/mol. The average Bonchev–Trinajstić information content (AvgIpc) is 2.11. The minimum Gasteiger partial charge on any atom is -0.409 e. The number of nitrogens with zero attached hydrogens (tertiary/aromatic N) is 1. The van der Waals surface area contributed by atoms with Gasteiger partial charge >= 0.3 is 0 Å². The minimum atomic E-state index is -0.373. The zero-order valence-corrected chi connectivity index (χ0v) is 7.66. The van der Waals surface area contributed by atoms with Gasteiger partial charge in [0, 0.05) is 13.0 Å². The van der Waals surface area contributed by atoms with Gasteiger partial charge in [-0.3, -0.25) is 4.79 Å². The summed E-state index contributed by atoms with van der Waals surface area (Å²) in [4.78, 5) is 10.4. The van der Waals surface area contributed by atoms with Gasteiger partial charge < -0.3 is 22.0 Å². The van der Waals surface area contributed by atoms with Crippen molar-refractivity contribution >= 4 is 11.7 Å². The summed E-state index contributed by atoms with van der Waals surface area (Å²) in [7, 11) is 0. The molecule has 0 spiro atoms. The van der Waals surface area contributed by atoms with Crippen molar-refractivity contribution < 1.29 is 10.0 Å². The van der Waals surface area contributed by atoms with Crippen LogP contribution in [-0.4, -0.2) is 29.5 Å². The number of nitrogens with one attached hydrogen (secondary N) is 1. The molecule has 1 amide bonds. The van der Waals surface area contributed by atoms with Gasteiger partial charge in [-0.25, -0.2) is 0 Å². The Hall–Kier alpha value is -1.30. The molecule has 0 aliphatic rings. The average molecular weight is 188 g/mol. The number of amides is 1. The van der Waals surface area contributed by atoms with Crippen molar-refractivity contribution in [1.29, 1.82) is 0 Å². The maximum atomic E-state index is 10.4. The first kappa shape index (κ1) is 11.7. The molecule has 6 nitrogen and oxygen atoms in total. The molecule has 6 heteroatoms. The molecule has 0 fully saturated rings. The van der Waals surface area contributed by atoms with Crippen LogP contribution in [0.1, 0.15) is 19.8 Å². The van der Waals surface area contributed by atoms with Crippen LogP contribution in [0.4, 0.5) is 0 Å². The van der Waals surface area contributed by atoms with Crippen molar-refractivity contribution in [3.8, 4) is 0 Å². The summed E-state index contributed by atoms with van der Waals surface area (Å²) in [6.07, 6.45) is 0.934. The molecule has 13 heavy (non-hydrogen) atoms. The molecule has 0 bridgehead atoms. The second-order valence-corrected chi connectivity index (χ2v) is 2.66. The summed E-state index contributed by atoms with van der Waals surface area (Å²) in [6, 6.07) is -0.204. The van der Waals surface area contributed by atoms with Crippen molar-refractivity contribution in [2.24, 2.45) is 16.6 Å². The highest BCUT2D eigenvalue weighted by Gasteiger charge is 2.10. The highest BCUT2D eigenvalue weighted by atomic mass is 16.4. The standard InChI is InChI=1S/C7H16N4O2/c1-2-5(7(9)11-13)10-4-3-6(8)12/h5,10,13H,2-4H2,1H3,(H2,8,12)(H2,9,11). The molecule has 76 valence electrons. The van der Waals surface area contributed by atoms with Crippen LogP contribution in [0.5, 0.6) is 0 Å². The Morgan fingerprint density at radius 1 is 1.62 bits per heavy atom. The van der Waals surface area contributed by atoms with Crippen LogP contribution in [0.2, 0.25) is 0 Å². The second kappa shape index (κ2) is 6.24. The van der Waals surface area contributed by atoms with Crippen molar-refractivity contribution in [2.75, 3.05) is 6.54 Å². The van der Waals surface area contributed by atoms with Gasteiger partial charge in [0.2, 0.25) is 5.91 Å². The third-order valence-electron chi connectivity index (χ3n) is 1.64. The molecule has 0 radical (unpaired) electrons. The summed E-state index contributed by atoms with van der Waals surface area (Å²) >= 11 is 0. The number of carbonyl (C=O) groups excluding carboxylic acids is 1. The summed E-state index contributed by atoms with van der Waals surface area (Å²) in [5.41, 5.74) is 10.3. The van der Waals surface area contributed by atoms with Crippen LogP contribution in [0, 0.1) is 0 Å². The van der Waals surface area contributed by atoms with Crippen LogP contribution >= 0.6 is 0 Å². The molecule has 0 rings (SSSR count). The van der Waals surface area contributed by atoms with E-state index in [-0.39, 0.29) is 24.2 Å². The monoisotopic (exact) mass is 188 g/mol. The number of primary amides is 1. The van der Waals surface area contributed by atoms with E-state index < -0.39 is 0 Å². The topological polar surface area (TPSA) is 114 Å². The van der Waals surface area contributed by atoms with Crippen LogP contribution in [0.3, 0.4) is 0 Å². The predicted octanol–water partition coefficient (Wildman–Crippen LogP) is -1.02. The fourth-order valence-electron chi connectivity index (χ4n) is 0.897. The van der Waals surface area contributed by atoms with Crippen molar-refractivity contribution in [3.63, 3.8) is 0 Å². The Morgan fingerprint density at radius 3 is 2.62 bits per heavy atom. The fourth-order valence-corrected chi connectivity index (χ4v) is 0.897. The number of oxime groups is 1. The van der Waals surface area contributed by atoms with E-state index in [1.54, 1.807) is 0 Å². The van der Waals surface area contributed by atoms with Crippen LogP contribution in [-0.2, 0) is 4.79 Å². The van der Waals surface area contributed by atoms with Gasteiger partial charge in [0.1, 0.15) is 0 Å². The van der Waals surface area contributed by atoms with E-state index in [1.807, 2.05) is 6.92 Å². The number of hydrogen-bond acceptors (Lipinski definition) is 4. The zero-order chi connectivity index (χ0) is 10.3. The highest BCUT2D eigenvalue weighted by molar-refractivity contribution is 5.85. The van der Waals surface area contributed by atoms with Gasteiger partial charge in [0.25, 0.3) is 0 Å². The third-order valence-corrected chi connectivity index (χ3v) is 1.64. The molecule has 0 aromatic heterocycles. The summed E-state index contributed by atoms with van der Waals surface area (Å²) in [5.74, 6) is -0.256. The summed E-state index contributed by atoms with van der Waals surface area (Å²) < 4.78 is 0. The maximum absolute atomic E-state index is 10.4. The predicted molar refractivity (Wildman–Crippen MR) is 49.3 cm³/mol. The van der Waals surface area contributed by atoms with E-state index in [4.69, 9.17) is 16.7 Å². The Morgan fingerprint density at radius 2 is 2.23 bits per heavy atom. The van der Waals surface area contributed by atoms with Gasteiger partial charge in [-0.05, 0) is 6.42 Å². The quantitative estimate of drug-likeness (QED) is 0.185. The van der Waals surface area contributed by atoms with E-state index in [9.17, 15) is 4.79 Å². The number of rotatable bonds is 6. The van der Waals surface area contributed by atoms with Crippen LogP contribution in [0.25, 0.3) is 0 Å². The second-order valence-electron chi connectivity index (χ2n) is 2.66. The third kappa shape index (κ3) is 5.02. The lowest BCUT2D eigenvalue weighted by atomic mass is 10.2. The molecule has 1 unspecified atom stereocenters. The molecule has 0 aliphatic carbocycles. The van der Waals surface area contributed by atoms with Crippen molar-refractivity contribution in [1.82, 2.24) is 5.32 Å². The van der Waals surface area contributed by atoms with E-state index in [0.717, 1.165) is 0 Å². The molecule has 0 aromatic rings. The number of amidine groups is 1. The summed E-state index contributed by atoms with van der Waals surface area (Å²) in [6.45, 7) is 2.32. The molecule has 0 aromatic carbocycles. The van der Waals surface area contributed by atoms with Crippen LogP contribution < -0.4 is 16.8 Å². The molecule has 1 atom stereocenters. The first-order valence-corrected chi connectivity index (χ1v) is 4.10. The lowest BCUT2D eigenvalue weighted by molar-refractivity contribution is -0.117. The zero-order valence-electron chi connectivity index (χ0n) is 7.66. The molecule has 0 heterocycles. The molecular formula is C7H16N4O2. The Kier molecular flexibility index (Phi) is 5.62. The SMILES string of the molecule is CCC(NCCC(N)=O)C(N)=NO. The van der Waals surface area contributed by atoms with E-state index in [2.05, 4.69) is 10.5 Å². The van der Waals surface area contributed by atoms with E-state index in [1.165, 1.54) is 0 Å². The minimum absolute atomic E-state index is 0.118. The first-order chi connectivity index (χ1) is 6.11. The van der Waals surface area contributed by atoms with Gasteiger partial charge in [-0.2, -0.15) is 0 Å². The number of hydrogen-bond donors (Lipinski definition) is 4. The Labute approximate surface area is 77.0 Å². The van der Waals surface area contributed by atoms with Crippen LogP contribution in [0.15, 0.2) is 5.16 Å². The van der Waals surface area contributed by atoms with E-state index in [0.29, 0.717) is 13.0 Å². The smallest absolute Gasteiger partial charge is 0.218 e. The number of nitrogens with two attached hydrogens (primary N) is 2.